The Morgan fingerprint density at radius 2 is 1.73 bits per heavy atom. The van der Waals surface area contributed by atoms with Gasteiger partial charge in [-0.15, -0.1) is 0 Å². The fraction of sp³-hybridized carbons (Fsp3) is 0.100. The molecule has 0 aliphatic heterocycles. The van der Waals surface area contributed by atoms with E-state index in [1.807, 2.05) is 18.2 Å². The van der Waals surface area contributed by atoms with Crippen LogP contribution in [0.4, 0.5) is 10.1 Å². The van der Waals surface area contributed by atoms with Crippen LogP contribution in [0.3, 0.4) is 0 Å². The molecule has 26 heavy (non-hydrogen) atoms. The molecule has 0 bridgehead atoms. The molecule has 0 aliphatic rings. The average Bonchev–Trinajstić information content (AvgIpc) is 2.67. The van der Waals surface area contributed by atoms with E-state index in [0.717, 1.165) is 5.56 Å². The Bertz CT molecular complexity index is 917. The van der Waals surface area contributed by atoms with Gasteiger partial charge in [0.2, 0.25) is 0 Å². The largest absolute Gasteiger partial charge is 0.381 e. The number of aromatic nitrogens is 1. The van der Waals surface area contributed by atoms with Crippen LogP contribution in [-0.4, -0.2) is 10.9 Å². The first-order chi connectivity index (χ1) is 12.6. The highest BCUT2D eigenvalue weighted by atomic mass is 35.5. The maximum atomic E-state index is 13.7. The molecule has 0 spiro atoms. The number of carbonyl (C=O) groups is 1. The van der Waals surface area contributed by atoms with Crippen molar-refractivity contribution in [3.8, 4) is 0 Å². The maximum Gasteiger partial charge on any atom is 0.270 e. The molecule has 6 heteroatoms. The standard InChI is InChI=1S/C20H17ClFN3O/c21-17-7-3-1-5-14(17)12-25-20(26)19-11-16(9-10-23-19)24-13-15-6-2-4-8-18(15)22/h1-11H,12-13H2,(H,23,24)(H,25,26). The van der Waals surface area contributed by atoms with Gasteiger partial charge < -0.3 is 10.6 Å². The third-order valence-electron chi connectivity index (χ3n) is 3.83. The highest BCUT2D eigenvalue weighted by molar-refractivity contribution is 6.31. The zero-order valence-corrected chi connectivity index (χ0v) is 14.6. The fourth-order valence-electron chi connectivity index (χ4n) is 2.41. The minimum absolute atomic E-state index is 0.272. The second-order valence-corrected chi connectivity index (χ2v) is 6.06. The molecule has 1 heterocycles. The van der Waals surface area contributed by atoms with Gasteiger partial charge in [0.15, 0.2) is 0 Å². The predicted octanol–water partition coefficient (Wildman–Crippen LogP) is 4.42. The molecule has 1 amide bonds. The molecule has 132 valence electrons. The van der Waals surface area contributed by atoms with E-state index in [0.29, 0.717) is 29.4 Å². The van der Waals surface area contributed by atoms with Crippen molar-refractivity contribution < 1.29 is 9.18 Å². The number of carbonyl (C=O) groups excluding carboxylic acids is 1. The van der Waals surface area contributed by atoms with Gasteiger partial charge in [0.1, 0.15) is 11.5 Å². The summed E-state index contributed by atoms with van der Waals surface area (Å²) in [6, 6.07) is 17.2. The Kier molecular flexibility index (Phi) is 5.81. The van der Waals surface area contributed by atoms with Gasteiger partial charge in [-0.05, 0) is 29.8 Å². The SMILES string of the molecule is O=C(NCc1ccccc1Cl)c1cc(NCc2ccccc2F)ccn1. The van der Waals surface area contributed by atoms with Gasteiger partial charge in [0.05, 0.1) is 0 Å². The van der Waals surface area contributed by atoms with Crippen molar-refractivity contribution in [2.24, 2.45) is 0 Å². The van der Waals surface area contributed by atoms with Crippen LogP contribution >= 0.6 is 11.6 Å². The smallest absolute Gasteiger partial charge is 0.270 e. The van der Waals surface area contributed by atoms with E-state index in [1.54, 1.807) is 36.4 Å². The number of pyridine rings is 1. The molecule has 0 atom stereocenters. The Morgan fingerprint density at radius 1 is 1.00 bits per heavy atom. The molecule has 0 saturated carbocycles. The number of nitrogens with zero attached hydrogens (tertiary/aromatic N) is 1. The average molecular weight is 370 g/mol. The second kappa shape index (κ2) is 8.45. The monoisotopic (exact) mass is 369 g/mol. The van der Waals surface area contributed by atoms with Crippen LogP contribution in [0.25, 0.3) is 0 Å². The number of halogens is 2. The van der Waals surface area contributed by atoms with Crippen LogP contribution in [0, 0.1) is 5.82 Å². The summed E-state index contributed by atoms with van der Waals surface area (Å²) >= 11 is 6.08. The molecule has 3 rings (SSSR count). The predicted molar refractivity (Wildman–Crippen MR) is 101 cm³/mol. The second-order valence-electron chi connectivity index (χ2n) is 5.65. The van der Waals surface area contributed by atoms with Crippen molar-refractivity contribution in [3.05, 3.63) is 94.5 Å². The van der Waals surface area contributed by atoms with Crippen LogP contribution in [0.2, 0.25) is 5.02 Å². The number of hydrogen-bond donors (Lipinski definition) is 2. The number of nitrogens with one attached hydrogen (secondary N) is 2. The Balaban J connectivity index is 1.62. The summed E-state index contributed by atoms with van der Waals surface area (Å²) in [6.45, 7) is 0.629. The van der Waals surface area contributed by atoms with Crippen molar-refractivity contribution in [1.29, 1.82) is 0 Å². The van der Waals surface area contributed by atoms with E-state index in [1.165, 1.54) is 12.3 Å². The minimum atomic E-state index is -0.306. The molecule has 4 nitrogen and oxygen atoms in total. The molecule has 3 aromatic rings. The summed E-state index contributed by atoms with van der Waals surface area (Å²) in [4.78, 5) is 16.4. The van der Waals surface area contributed by atoms with Gasteiger partial charge >= 0.3 is 0 Å². The summed E-state index contributed by atoms with van der Waals surface area (Å²) < 4.78 is 13.7. The molecule has 0 aliphatic carbocycles. The van der Waals surface area contributed by atoms with Gasteiger partial charge in [-0.3, -0.25) is 9.78 Å². The number of anilines is 1. The number of rotatable bonds is 6. The third-order valence-corrected chi connectivity index (χ3v) is 4.20. The van der Waals surface area contributed by atoms with Crippen molar-refractivity contribution in [1.82, 2.24) is 10.3 Å². The highest BCUT2D eigenvalue weighted by Gasteiger charge is 2.09. The van der Waals surface area contributed by atoms with Crippen molar-refractivity contribution in [2.45, 2.75) is 13.1 Å². The lowest BCUT2D eigenvalue weighted by molar-refractivity contribution is 0.0946. The molecule has 2 N–H and O–H groups in total. The van der Waals surface area contributed by atoms with Crippen LogP contribution in [0.5, 0.6) is 0 Å². The summed E-state index contributed by atoms with van der Waals surface area (Å²) in [5.41, 5.74) is 2.34. The molecule has 0 saturated heterocycles. The lowest BCUT2D eigenvalue weighted by Gasteiger charge is -2.10. The Morgan fingerprint density at radius 3 is 2.50 bits per heavy atom. The lowest BCUT2D eigenvalue weighted by Crippen LogP contribution is -2.24. The van der Waals surface area contributed by atoms with Gasteiger partial charge in [-0.1, -0.05) is 48.0 Å². The summed E-state index contributed by atoms with van der Waals surface area (Å²) in [5, 5.41) is 6.49. The van der Waals surface area contributed by atoms with Gasteiger partial charge in [0, 0.05) is 35.6 Å². The van der Waals surface area contributed by atoms with E-state index < -0.39 is 0 Å². The number of benzene rings is 2. The van der Waals surface area contributed by atoms with Gasteiger partial charge in [0.25, 0.3) is 5.91 Å². The molecular weight excluding hydrogens is 353 g/mol. The van der Waals surface area contributed by atoms with Crippen LogP contribution in [0.1, 0.15) is 21.6 Å². The van der Waals surface area contributed by atoms with Crippen LogP contribution in [0.15, 0.2) is 66.9 Å². The zero-order chi connectivity index (χ0) is 18.4. The molecule has 0 fully saturated rings. The lowest BCUT2D eigenvalue weighted by atomic mass is 10.2. The summed E-state index contributed by atoms with van der Waals surface area (Å²) in [7, 11) is 0. The van der Waals surface area contributed by atoms with Gasteiger partial charge in [-0.2, -0.15) is 0 Å². The van der Waals surface area contributed by atoms with Crippen LogP contribution < -0.4 is 10.6 Å². The fourth-order valence-corrected chi connectivity index (χ4v) is 2.61. The first kappa shape index (κ1) is 17.9. The minimum Gasteiger partial charge on any atom is -0.381 e. The normalized spacial score (nSPS) is 10.4. The molecular formula is C20H17ClFN3O. The molecule has 2 aromatic carbocycles. The Hall–Kier alpha value is -2.92. The van der Waals surface area contributed by atoms with E-state index >= 15 is 0 Å². The number of hydrogen-bond acceptors (Lipinski definition) is 3. The number of amides is 1. The maximum absolute atomic E-state index is 13.7. The first-order valence-electron chi connectivity index (χ1n) is 8.08. The zero-order valence-electron chi connectivity index (χ0n) is 13.9. The van der Waals surface area contributed by atoms with Gasteiger partial charge in [-0.25, -0.2) is 4.39 Å². The first-order valence-corrected chi connectivity index (χ1v) is 8.46. The summed E-state index contributed by atoms with van der Waals surface area (Å²) in [5.74, 6) is -0.578. The summed E-state index contributed by atoms with van der Waals surface area (Å²) in [6.07, 6.45) is 1.54. The molecule has 1 aromatic heterocycles. The topological polar surface area (TPSA) is 54.0 Å². The van der Waals surface area contributed by atoms with E-state index in [2.05, 4.69) is 15.6 Å². The molecule has 0 unspecified atom stereocenters. The van der Waals surface area contributed by atoms with E-state index in [4.69, 9.17) is 11.6 Å². The van der Waals surface area contributed by atoms with Crippen molar-refractivity contribution in [3.63, 3.8) is 0 Å². The van der Waals surface area contributed by atoms with E-state index in [9.17, 15) is 9.18 Å². The van der Waals surface area contributed by atoms with Crippen molar-refractivity contribution in [2.75, 3.05) is 5.32 Å². The van der Waals surface area contributed by atoms with Crippen LogP contribution in [-0.2, 0) is 13.1 Å². The third kappa shape index (κ3) is 4.58. The Labute approximate surface area is 156 Å². The highest BCUT2D eigenvalue weighted by Crippen LogP contribution is 2.15. The van der Waals surface area contributed by atoms with E-state index in [-0.39, 0.29) is 17.4 Å². The van der Waals surface area contributed by atoms with Crippen molar-refractivity contribution >= 4 is 23.2 Å². The quantitative estimate of drug-likeness (QED) is 0.676. The molecule has 0 radical (unpaired) electrons.